The topological polar surface area (TPSA) is 19.9 Å². The molecule has 0 atom stereocenters. The molecule has 0 N–H and O–H groups in total. The zero-order valence-electron chi connectivity index (χ0n) is 9.61. The Morgan fingerprint density at radius 3 is 2.36 bits per heavy atom. The van der Waals surface area contributed by atoms with Crippen LogP contribution in [-0.2, 0) is 11.5 Å². The fraction of sp³-hybridized carbons (Fsp3) is 0.538. The Hall–Kier alpha value is -0.980. The molecule has 0 aliphatic heterocycles. The molecule has 1 radical (unpaired) electrons. The van der Waals surface area contributed by atoms with Crippen molar-refractivity contribution in [2.75, 3.05) is 0 Å². The second-order valence-electron chi connectivity index (χ2n) is 4.05. The molecule has 0 aliphatic rings. The van der Waals surface area contributed by atoms with Crippen molar-refractivity contribution in [1.29, 1.82) is 0 Å². The van der Waals surface area contributed by atoms with Crippen molar-refractivity contribution in [1.82, 2.24) is 0 Å². The van der Waals surface area contributed by atoms with Gasteiger partial charge in [-0.25, -0.2) is 0 Å². The maximum Gasteiger partial charge on any atom is 0.184 e. The summed E-state index contributed by atoms with van der Waals surface area (Å²) >= 11 is 0. The molecule has 0 aliphatic carbocycles. The van der Waals surface area contributed by atoms with Crippen molar-refractivity contribution in [2.45, 2.75) is 47.0 Å². The highest BCUT2D eigenvalue weighted by molar-refractivity contribution is 5.48. The molecule has 77 valence electrons. The highest BCUT2D eigenvalue weighted by Gasteiger charge is 2.11. The maximum atomic E-state index is 11.8. The van der Waals surface area contributed by atoms with Gasteiger partial charge < -0.3 is 0 Å². The van der Waals surface area contributed by atoms with Crippen LogP contribution in [-0.4, -0.2) is 0 Å². The molecular weight excluding hydrogens is 172 g/mol. The molecule has 1 aromatic rings. The van der Waals surface area contributed by atoms with Crippen molar-refractivity contribution in [3.8, 4) is 5.75 Å². The maximum absolute atomic E-state index is 11.8. The van der Waals surface area contributed by atoms with Gasteiger partial charge in [-0.2, -0.15) is 0 Å². The first-order valence-corrected chi connectivity index (χ1v) is 5.34. The van der Waals surface area contributed by atoms with Crippen LogP contribution in [0.5, 0.6) is 5.75 Å². The lowest BCUT2D eigenvalue weighted by molar-refractivity contribution is 0.345. The average Bonchev–Trinajstić information content (AvgIpc) is 2.15. The second-order valence-corrected chi connectivity index (χ2v) is 4.05. The molecule has 0 bridgehead atoms. The SMILES string of the molecule is CCCCc1c(C)c(C)cc(C)c1[O]. The van der Waals surface area contributed by atoms with E-state index in [1.54, 1.807) is 0 Å². The first-order chi connectivity index (χ1) is 6.57. The van der Waals surface area contributed by atoms with Gasteiger partial charge in [0, 0.05) is 5.56 Å². The van der Waals surface area contributed by atoms with Gasteiger partial charge in [-0.1, -0.05) is 19.4 Å². The summed E-state index contributed by atoms with van der Waals surface area (Å²) in [5, 5.41) is 11.8. The van der Waals surface area contributed by atoms with Crippen LogP contribution in [0.3, 0.4) is 0 Å². The quantitative estimate of drug-likeness (QED) is 0.685. The lowest BCUT2D eigenvalue weighted by Crippen LogP contribution is -1.95. The van der Waals surface area contributed by atoms with E-state index in [4.69, 9.17) is 0 Å². The molecule has 1 rings (SSSR count). The van der Waals surface area contributed by atoms with Crippen LogP contribution < -0.4 is 0 Å². The van der Waals surface area contributed by atoms with Gasteiger partial charge in [0.05, 0.1) is 0 Å². The second kappa shape index (κ2) is 4.50. The van der Waals surface area contributed by atoms with Crippen LogP contribution in [0.1, 0.15) is 42.0 Å². The van der Waals surface area contributed by atoms with Crippen molar-refractivity contribution in [2.24, 2.45) is 0 Å². The zero-order chi connectivity index (χ0) is 10.7. The molecule has 1 heteroatoms. The fourth-order valence-corrected chi connectivity index (χ4v) is 1.80. The molecular formula is C13H19O. The molecule has 0 unspecified atom stereocenters. The van der Waals surface area contributed by atoms with Gasteiger partial charge in [0.1, 0.15) is 0 Å². The molecule has 0 heterocycles. The molecule has 0 saturated carbocycles. The Morgan fingerprint density at radius 1 is 1.14 bits per heavy atom. The van der Waals surface area contributed by atoms with Crippen LogP contribution in [0.25, 0.3) is 0 Å². The van der Waals surface area contributed by atoms with Gasteiger partial charge in [-0.05, 0) is 50.3 Å². The van der Waals surface area contributed by atoms with E-state index in [2.05, 4.69) is 20.8 Å². The zero-order valence-corrected chi connectivity index (χ0v) is 9.61. The number of benzene rings is 1. The highest BCUT2D eigenvalue weighted by Crippen LogP contribution is 2.29. The third-order valence-corrected chi connectivity index (χ3v) is 2.89. The number of hydrogen-bond donors (Lipinski definition) is 0. The van der Waals surface area contributed by atoms with Crippen molar-refractivity contribution >= 4 is 0 Å². The Morgan fingerprint density at radius 2 is 1.79 bits per heavy atom. The van der Waals surface area contributed by atoms with Gasteiger partial charge >= 0.3 is 0 Å². The summed E-state index contributed by atoms with van der Waals surface area (Å²) in [7, 11) is 0. The normalized spacial score (nSPS) is 10.6. The van der Waals surface area contributed by atoms with Crippen LogP contribution in [0.4, 0.5) is 0 Å². The van der Waals surface area contributed by atoms with Crippen LogP contribution in [0.15, 0.2) is 6.07 Å². The first-order valence-electron chi connectivity index (χ1n) is 5.34. The third kappa shape index (κ3) is 2.09. The summed E-state index contributed by atoms with van der Waals surface area (Å²) in [5.74, 6) is 0.251. The number of rotatable bonds is 3. The molecule has 0 aromatic heterocycles. The van der Waals surface area contributed by atoms with E-state index in [0.29, 0.717) is 0 Å². The largest absolute Gasteiger partial charge is 0.289 e. The summed E-state index contributed by atoms with van der Waals surface area (Å²) in [4.78, 5) is 0. The Kier molecular flexibility index (Phi) is 3.56. The average molecular weight is 191 g/mol. The molecule has 1 nitrogen and oxygen atoms in total. The minimum absolute atomic E-state index is 0.251. The molecule has 14 heavy (non-hydrogen) atoms. The summed E-state index contributed by atoms with van der Waals surface area (Å²) in [5.41, 5.74) is 4.35. The van der Waals surface area contributed by atoms with E-state index < -0.39 is 0 Å². The lowest BCUT2D eigenvalue weighted by atomic mass is 9.95. The third-order valence-electron chi connectivity index (χ3n) is 2.89. The van der Waals surface area contributed by atoms with E-state index >= 15 is 0 Å². The van der Waals surface area contributed by atoms with E-state index in [9.17, 15) is 5.11 Å². The van der Waals surface area contributed by atoms with Crippen LogP contribution >= 0.6 is 0 Å². The standard InChI is InChI=1S/C13H19O/c1-5-6-7-12-11(4)9(2)8-10(3)13(12)14/h8H,5-7H2,1-4H3. The lowest BCUT2D eigenvalue weighted by Gasteiger charge is -2.11. The van der Waals surface area contributed by atoms with Gasteiger partial charge in [0.25, 0.3) is 0 Å². The summed E-state index contributed by atoms with van der Waals surface area (Å²) in [6, 6.07) is 1.99. The molecule has 0 spiro atoms. The van der Waals surface area contributed by atoms with Gasteiger partial charge in [0.2, 0.25) is 0 Å². The Bertz CT molecular complexity index is 300. The number of hydrogen-bond acceptors (Lipinski definition) is 0. The van der Waals surface area contributed by atoms with E-state index in [1.165, 1.54) is 11.1 Å². The van der Waals surface area contributed by atoms with Gasteiger partial charge in [-0.3, -0.25) is 5.11 Å². The fourth-order valence-electron chi connectivity index (χ4n) is 1.80. The van der Waals surface area contributed by atoms with Crippen molar-refractivity contribution < 1.29 is 5.11 Å². The highest BCUT2D eigenvalue weighted by atomic mass is 16.3. The molecule has 1 aromatic carbocycles. The molecule has 0 saturated heterocycles. The van der Waals surface area contributed by atoms with E-state index in [1.807, 2.05) is 13.0 Å². The van der Waals surface area contributed by atoms with Gasteiger partial charge in [-0.15, -0.1) is 0 Å². The smallest absolute Gasteiger partial charge is 0.184 e. The predicted molar refractivity (Wildman–Crippen MR) is 59.4 cm³/mol. The first kappa shape index (κ1) is 11.1. The van der Waals surface area contributed by atoms with Crippen molar-refractivity contribution in [3.05, 3.63) is 28.3 Å². The van der Waals surface area contributed by atoms with E-state index in [-0.39, 0.29) is 5.75 Å². The summed E-state index contributed by atoms with van der Waals surface area (Å²) < 4.78 is 0. The monoisotopic (exact) mass is 191 g/mol. The van der Waals surface area contributed by atoms with Crippen LogP contribution in [0, 0.1) is 20.8 Å². The summed E-state index contributed by atoms with van der Waals surface area (Å²) in [6.45, 7) is 8.20. The minimum atomic E-state index is 0.251. The predicted octanol–water partition coefficient (Wildman–Crippen LogP) is 4.10. The van der Waals surface area contributed by atoms with Gasteiger partial charge in [0.15, 0.2) is 5.75 Å². The molecule has 0 amide bonds. The summed E-state index contributed by atoms with van der Waals surface area (Å²) in [6.07, 6.45) is 3.19. The van der Waals surface area contributed by atoms with Crippen molar-refractivity contribution in [3.63, 3.8) is 0 Å². The Balaban J connectivity index is 3.11. The number of unbranched alkanes of at least 4 members (excludes halogenated alkanes) is 1. The molecule has 0 fully saturated rings. The number of aryl methyl sites for hydroxylation is 2. The van der Waals surface area contributed by atoms with Crippen LogP contribution in [0.2, 0.25) is 0 Å². The minimum Gasteiger partial charge on any atom is -0.289 e. The Labute approximate surface area is 86.8 Å². The van der Waals surface area contributed by atoms with E-state index in [0.717, 1.165) is 30.4 Å².